The number of hydrogen-bond donors (Lipinski definition) is 3. The van der Waals surface area contributed by atoms with E-state index in [-0.39, 0.29) is 23.9 Å². The number of carbonyl (C=O) groups is 1. The highest BCUT2D eigenvalue weighted by Crippen LogP contribution is 2.35. The molecule has 2 aliphatic rings. The molecule has 2 fully saturated rings. The van der Waals surface area contributed by atoms with E-state index in [1.807, 2.05) is 0 Å². The number of aromatic amines is 1. The smallest absolute Gasteiger partial charge is 0.247 e. The van der Waals surface area contributed by atoms with Gasteiger partial charge in [0.1, 0.15) is 11.9 Å². The van der Waals surface area contributed by atoms with Gasteiger partial charge in [-0.15, -0.1) is 0 Å². The summed E-state index contributed by atoms with van der Waals surface area (Å²) in [6.07, 6.45) is 4.77. The minimum Gasteiger partial charge on any atom is -0.339 e. The molecular weight excluding hydrogens is 359 g/mol. The third kappa shape index (κ3) is 3.69. The van der Waals surface area contributed by atoms with Crippen LogP contribution in [0, 0.1) is 23.1 Å². The topological polar surface area (TPSA) is 97.8 Å². The molecule has 144 valence electrons. The molecule has 1 amide bonds. The molecule has 3 N–H and O–H groups in total. The number of H-pyrrole nitrogens is 1. The van der Waals surface area contributed by atoms with Crippen LogP contribution in [0.3, 0.4) is 0 Å². The van der Waals surface area contributed by atoms with Crippen molar-refractivity contribution < 1.29 is 9.18 Å². The Kier molecular flexibility index (Phi) is 4.97. The predicted molar refractivity (Wildman–Crippen MR) is 102 cm³/mol. The number of nitrogens with zero attached hydrogens (tertiary/aromatic N) is 1. The summed E-state index contributed by atoms with van der Waals surface area (Å²) < 4.78 is 14.6. The first kappa shape index (κ1) is 18.4. The maximum Gasteiger partial charge on any atom is 0.247 e. The number of halogens is 1. The molecule has 2 heterocycles. The summed E-state index contributed by atoms with van der Waals surface area (Å²) in [4.78, 5) is 26.2. The summed E-state index contributed by atoms with van der Waals surface area (Å²) in [5.74, 6) is -0.294. The standard InChI is InChI=1S/C21H21FN4O2/c22-18-9-12(15-4-6-19(27)24-11-15)1-2-13(18)7-17(10-23)26-21(28)20-14-3-5-16(8-14)25-20/h1-2,4,6,9,11,14,16-17,20,25H,3,5,7-8H2,(H,24,27)(H,26,28)/t14-,16+,17-,20-/m0/s1. The van der Waals surface area contributed by atoms with Crippen molar-refractivity contribution >= 4 is 5.91 Å². The number of nitrogens with one attached hydrogen (secondary N) is 3. The van der Waals surface area contributed by atoms with Gasteiger partial charge in [-0.25, -0.2) is 4.39 Å². The van der Waals surface area contributed by atoms with Gasteiger partial charge in [0.2, 0.25) is 11.5 Å². The van der Waals surface area contributed by atoms with Crippen molar-refractivity contribution in [2.24, 2.45) is 5.92 Å². The van der Waals surface area contributed by atoms with E-state index in [9.17, 15) is 19.2 Å². The molecule has 0 radical (unpaired) electrons. The number of nitriles is 1. The van der Waals surface area contributed by atoms with Gasteiger partial charge in [-0.2, -0.15) is 5.26 Å². The molecule has 1 aromatic carbocycles. The number of piperidine rings is 1. The number of hydrogen-bond acceptors (Lipinski definition) is 4. The second-order valence-corrected chi connectivity index (χ2v) is 7.56. The van der Waals surface area contributed by atoms with Gasteiger partial charge in [-0.3, -0.25) is 9.59 Å². The van der Waals surface area contributed by atoms with Crippen molar-refractivity contribution in [1.29, 1.82) is 5.26 Å². The van der Waals surface area contributed by atoms with Gasteiger partial charge in [-0.05, 0) is 54.0 Å². The Balaban J connectivity index is 1.43. The van der Waals surface area contributed by atoms with Crippen molar-refractivity contribution in [1.82, 2.24) is 15.6 Å². The normalized spacial score (nSPS) is 23.9. The van der Waals surface area contributed by atoms with Crippen LogP contribution >= 0.6 is 0 Å². The highest BCUT2D eigenvalue weighted by atomic mass is 19.1. The molecule has 1 saturated heterocycles. The molecule has 2 bridgehead atoms. The quantitative estimate of drug-likeness (QED) is 0.738. The zero-order valence-corrected chi connectivity index (χ0v) is 15.2. The summed E-state index contributed by atoms with van der Waals surface area (Å²) in [5, 5.41) is 15.5. The van der Waals surface area contributed by atoms with Crippen molar-refractivity contribution in [2.45, 2.75) is 43.8 Å². The van der Waals surface area contributed by atoms with Crippen LogP contribution in [0.1, 0.15) is 24.8 Å². The number of pyridine rings is 1. The number of carbonyl (C=O) groups excluding carboxylic acids is 1. The zero-order valence-electron chi connectivity index (χ0n) is 15.2. The molecule has 0 spiro atoms. The Morgan fingerprint density at radius 3 is 2.71 bits per heavy atom. The van der Waals surface area contributed by atoms with Crippen molar-refractivity contribution in [3.8, 4) is 17.2 Å². The molecule has 7 heteroatoms. The Hall–Kier alpha value is -2.98. The third-order valence-electron chi connectivity index (χ3n) is 5.71. The Bertz CT molecular complexity index is 976. The van der Waals surface area contributed by atoms with E-state index < -0.39 is 11.9 Å². The van der Waals surface area contributed by atoms with Gasteiger partial charge in [0, 0.05) is 24.7 Å². The molecule has 1 aliphatic heterocycles. The second-order valence-electron chi connectivity index (χ2n) is 7.56. The first-order chi connectivity index (χ1) is 13.5. The van der Waals surface area contributed by atoms with Crippen LogP contribution in [0.5, 0.6) is 0 Å². The van der Waals surface area contributed by atoms with E-state index >= 15 is 0 Å². The fourth-order valence-electron chi connectivity index (χ4n) is 4.24. The summed E-state index contributed by atoms with van der Waals surface area (Å²) in [5.41, 5.74) is 1.46. The van der Waals surface area contributed by atoms with Gasteiger partial charge in [0.25, 0.3) is 0 Å². The molecule has 6 nitrogen and oxygen atoms in total. The van der Waals surface area contributed by atoms with E-state index in [0.29, 0.717) is 28.7 Å². The maximum atomic E-state index is 14.6. The predicted octanol–water partition coefficient (Wildman–Crippen LogP) is 1.87. The van der Waals surface area contributed by atoms with E-state index in [0.717, 1.165) is 19.3 Å². The molecule has 0 unspecified atom stereocenters. The average Bonchev–Trinajstić information content (AvgIpc) is 3.33. The lowest BCUT2D eigenvalue weighted by Gasteiger charge is -2.23. The van der Waals surface area contributed by atoms with Gasteiger partial charge in [0.05, 0.1) is 12.1 Å². The van der Waals surface area contributed by atoms with Crippen LogP contribution in [0.2, 0.25) is 0 Å². The number of rotatable bonds is 5. The average molecular weight is 380 g/mol. The van der Waals surface area contributed by atoms with E-state index in [1.165, 1.54) is 18.3 Å². The molecule has 1 aromatic heterocycles. The summed E-state index contributed by atoms with van der Waals surface area (Å²) in [6.45, 7) is 0. The lowest BCUT2D eigenvalue weighted by molar-refractivity contribution is -0.124. The number of aromatic nitrogens is 1. The number of amides is 1. The number of fused-ring (bicyclic) bond motifs is 2. The lowest BCUT2D eigenvalue weighted by atomic mass is 9.98. The van der Waals surface area contributed by atoms with Crippen LogP contribution in [0.15, 0.2) is 41.3 Å². The molecule has 2 aromatic rings. The lowest BCUT2D eigenvalue weighted by Crippen LogP contribution is -2.50. The van der Waals surface area contributed by atoms with Gasteiger partial charge < -0.3 is 15.6 Å². The van der Waals surface area contributed by atoms with Crippen LogP contribution in [-0.2, 0) is 11.2 Å². The monoisotopic (exact) mass is 380 g/mol. The Morgan fingerprint density at radius 1 is 1.29 bits per heavy atom. The second kappa shape index (κ2) is 7.56. The number of benzene rings is 1. The summed E-state index contributed by atoms with van der Waals surface area (Å²) in [6, 6.07) is 9.15. The first-order valence-corrected chi connectivity index (χ1v) is 9.47. The summed E-state index contributed by atoms with van der Waals surface area (Å²) in [7, 11) is 0. The van der Waals surface area contributed by atoms with E-state index in [4.69, 9.17) is 0 Å². The fourth-order valence-corrected chi connectivity index (χ4v) is 4.24. The van der Waals surface area contributed by atoms with Crippen LogP contribution < -0.4 is 16.2 Å². The van der Waals surface area contributed by atoms with Gasteiger partial charge in [-0.1, -0.05) is 12.1 Å². The van der Waals surface area contributed by atoms with Crippen molar-refractivity contribution in [2.75, 3.05) is 0 Å². The largest absolute Gasteiger partial charge is 0.339 e. The Labute approximate surface area is 161 Å². The minimum absolute atomic E-state index is 0.0980. The van der Waals surface area contributed by atoms with Gasteiger partial charge >= 0.3 is 0 Å². The molecular formula is C21H21FN4O2. The van der Waals surface area contributed by atoms with Crippen LogP contribution in [-0.4, -0.2) is 29.0 Å². The van der Waals surface area contributed by atoms with E-state index in [2.05, 4.69) is 21.7 Å². The van der Waals surface area contributed by atoms with Crippen molar-refractivity contribution in [3.05, 3.63) is 58.3 Å². The molecule has 4 atom stereocenters. The molecule has 4 rings (SSSR count). The van der Waals surface area contributed by atoms with Crippen LogP contribution in [0.25, 0.3) is 11.1 Å². The first-order valence-electron chi connectivity index (χ1n) is 9.47. The molecule has 1 saturated carbocycles. The third-order valence-corrected chi connectivity index (χ3v) is 5.71. The Morgan fingerprint density at radius 2 is 2.11 bits per heavy atom. The zero-order chi connectivity index (χ0) is 19.7. The minimum atomic E-state index is -0.790. The highest BCUT2D eigenvalue weighted by molar-refractivity contribution is 5.83. The summed E-state index contributed by atoms with van der Waals surface area (Å²) >= 11 is 0. The van der Waals surface area contributed by atoms with Crippen LogP contribution in [0.4, 0.5) is 4.39 Å². The molecule has 1 aliphatic carbocycles. The fraction of sp³-hybridized carbons (Fsp3) is 0.381. The highest BCUT2D eigenvalue weighted by Gasteiger charge is 2.43. The van der Waals surface area contributed by atoms with Crippen molar-refractivity contribution in [3.63, 3.8) is 0 Å². The SMILES string of the molecule is N#C[C@H](Cc1ccc(-c2ccc(=O)[nH]c2)cc1F)NC(=O)[C@H]1N[C@@H]2CC[C@H]1C2. The molecule has 28 heavy (non-hydrogen) atoms. The van der Waals surface area contributed by atoms with Gasteiger partial charge in [0.15, 0.2) is 0 Å². The maximum absolute atomic E-state index is 14.6. The van der Waals surface area contributed by atoms with E-state index in [1.54, 1.807) is 18.2 Å².